The summed E-state index contributed by atoms with van der Waals surface area (Å²) in [5.74, 6) is 1.95. The van der Waals surface area contributed by atoms with Crippen molar-refractivity contribution in [2.45, 2.75) is 20.4 Å². The molecule has 1 amide bonds. The van der Waals surface area contributed by atoms with Crippen LogP contribution in [-0.2, 0) is 21.0 Å². The molecule has 17 nitrogen and oxygen atoms in total. The van der Waals surface area contributed by atoms with Gasteiger partial charge in [0.1, 0.15) is 29.8 Å². The van der Waals surface area contributed by atoms with Gasteiger partial charge in [-0.25, -0.2) is 14.6 Å². The van der Waals surface area contributed by atoms with Crippen molar-refractivity contribution in [2.75, 3.05) is 82.3 Å². The largest absolute Gasteiger partial charge is 1.00 e. The van der Waals surface area contributed by atoms with Gasteiger partial charge in [0.05, 0.1) is 30.0 Å². The molecule has 8 rings (SSSR count). The number of amidine groups is 1. The van der Waals surface area contributed by atoms with E-state index in [4.69, 9.17) is 59.7 Å². The van der Waals surface area contributed by atoms with Gasteiger partial charge in [0.25, 0.3) is 6.47 Å². The average molecular weight is 975 g/mol. The van der Waals surface area contributed by atoms with Crippen molar-refractivity contribution in [1.82, 2.24) is 39.7 Å². The molecule has 326 valence electrons. The van der Waals surface area contributed by atoms with Crippen LogP contribution in [0.1, 0.15) is 12.8 Å². The fraction of sp³-hybridized carbons (Fsp3) is 0.341. The second-order valence-corrected chi connectivity index (χ2v) is 14.7. The fourth-order valence-electron chi connectivity index (χ4n) is 6.72. The molecule has 0 unspecified atom stereocenters. The zero-order valence-electron chi connectivity index (χ0n) is 37.2. The number of pyridine rings is 2. The van der Waals surface area contributed by atoms with Gasteiger partial charge in [0.15, 0.2) is 11.3 Å². The molecule has 0 spiro atoms. The summed E-state index contributed by atoms with van der Waals surface area (Å²) in [4.78, 5) is 39.6. The van der Waals surface area contributed by atoms with E-state index >= 15 is 0 Å². The molecule has 6 heterocycles. The number of piperazine rings is 2. The number of nitrogens with zero attached hydrogens (tertiary/aromatic N) is 9. The normalized spacial score (nSPS) is 13.1. The van der Waals surface area contributed by atoms with E-state index < -0.39 is 0 Å². The molecule has 4 aromatic heterocycles. The number of amides is 1. The number of anilines is 2. The third-order valence-electron chi connectivity index (χ3n) is 9.96. The number of aryl methyl sites for hydroxylation is 2. The second-order valence-electron chi connectivity index (χ2n) is 13.6. The van der Waals surface area contributed by atoms with Crippen LogP contribution in [0.5, 0.6) is 11.5 Å². The van der Waals surface area contributed by atoms with E-state index in [9.17, 15) is 4.79 Å². The van der Waals surface area contributed by atoms with Gasteiger partial charge in [-0.15, -0.1) is 11.6 Å². The molecule has 2 aliphatic rings. The molecule has 22 heteroatoms. The monoisotopic (exact) mass is 973 g/mol. The van der Waals surface area contributed by atoms with E-state index in [2.05, 4.69) is 44.9 Å². The third-order valence-corrected chi connectivity index (χ3v) is 10.8. The smallest absolute Gasteiger partial charge is 1.00 e. The minimum atomic E-state index is -0.181. The second kappa shape index (κ2) is 27.8. The number of fused-ring (bicyclic) bond motifs is 2. The summed E-state index contributed by atoms with van der Waals surface area (Å²) >= 11 is 17.7. The molecule has 6 aromatic rings. The average Bonchev–Trinajstić information content (AvgIpc) is 3.84. The number of aromatic amines is 1. The van der Waals surface area contributed by atoms with Crippen LogP contribution in [0.15, 0.2) is 73.1 Å². The first-order chi connectivity index (χ1) is 29.5. The first-order valence-corrected chi connectivity index (χ1v) is 20.4. The summed E-state index contributed by atoms with van der Waals surface area (Å²) < 4.78 is 12.4. The number of carbonyl (C=O) groups excluding carboxylic acids is 2. The maximum atomic E-state index is 11.5. The SMILES string of the molecule is COc1cc(N2CCN(C(=N)Cn3nc(C)c4cccnc43)CC2)ccc1Cl.COc1cc(N2CCN(C(=O)CCl)CC2)ccc1Cl.Cc1[nH]nc2ncccc12.O=CO[O-].[H-].[K+].[K+]. The minimum absolute atomic E-state index is 0. The van der Waals surface area contributed by atoms with Crippen LogP contribution in [0.4, 0.5) is 11.4 Å². The summed E-state index contributed by atoms with van der Waals surface area (Å²) in [6.45, 7) is 10.4. The van der Waals surface area contributed by atoms with Crippen LogP contribution >= 0.6 is 34.8 Å². The van der Waals surface area contributed by atoms with Crippen LogP contribution in [0.25, 0.3) is 22.1 Å². The van der Waals surface area contributed by atoms with E-state index in [1.165, 1.54) is 0 Å². The molecule has 2 N–H and O–H groups in total. The van der Waals surface area contributed by atoms with Gasteiger partial charge in [-0.2, -0.15) is 10.2 Å². The zero-order chi connectivity index (χ0) is 43.9. The van der Waals surface area contributed by atoms with Gasteiger partial charge in [-0.3, -0.25) is 20.1 Å². The number of aromatic nitrogens is 6. The van der Waals surface area contributed by atoms with E-state index in [0.717, 1.165) is 84.1 Å². The van der Waals surface area contributed by atoms with Gasteiger partial charge in [0.2, 0.25) is 5.91 Å². The Bertz CT molecular complexity index is 2400. The quantitative estimate of drug-likeness (QED) is 0.0369. The van der Waals surface area contributed by atoms with E-state index in [1.807, 2.05) is 79.2 Å². The Hall–Kier alpha value is -2.61. The molecule has 0 aliphatic carbocycles. The molecular formula is C41H48Cl3K2N11O6. The molecule has 2 aromatic carbocycles. The Morgan fingerprint density at radius 2 is 1.33 bits per heavy atom. The maximum absolute atomic E-state index is 11.5. The molecule has 63 heavy (non-hydrogen) atoms. The standard InChI is InChI=1S/C20H23ClN6O.C13H16Cl2N2O2.C7H7N3.CH2O3.2K.H/c1-14-16-4-3-7-23-20(16)27(24-14)13-19(22)26-10-8-25(9-11-26)15-5-6-17(21)18(12-15)28-2;1-19-12-8-10(2-3-11(12)15)16-4-6-17(7-5-16)13(18)9-14;1-5-6-3-2-4-8-7(6)10-9-5;2-1-4-3;;;/h3-7,12,22H,8-11,13H2,1-2H3;2-3,8H,4-7,9H2,1H3;2-4H,1H3,(H,8,9,10);1,3H;;;/q;;;;2*+1;-1/p-1. The van der Waals surface area contributed by atoms with Crippen LogP contribution in [0.3, 0.4) is 0 Å². The predicted molar refractivity (Wildman–Crippen MR) is 236 cm³/mol. The van der Waals surface area contributed by atoms with Crippen molar-refractivity contribution >= 4 is 86.5 Å². The van der Waals surface area contributed by atoms with Crippen molar-refractivity contribution in [3.63, 3.8) is 0 Å². The minimum Gasteiger partial charge on any atom is -1.00 e. The molecule has 2 fully saturated rings. The number of nitrogens with one attached hydrogen (secondary N) is 2. The van der Waals surface area contributed by atoms with Crippen molar-refractivity contribution < 1.29 is 133 Å². The maximum Gasteiger partial charge on any atom is 1.00 e. The Balaban J connectivity index is 0.000000338. The van der Waals surface area contributed by atoms with Crippen molar-refractivity contribution in [3.05, 3.63) is 94.5 Å². The summed E-state index contributed by atoms with van der Waals surface area (Å²) in [7, 11) is 3.22. The van der Waals surface area contributed by atoms with Gasteiger partial charge in [0, 0.05) is 105 Å². The number of halogens is 3. The Morgan fingerprint density at radius 1 is 0.825 bits per heavy atom. The molecular weight excluding hydrogens is 927 g/mol. The number of alkyl halides is 1. The molecule has 2 saturated heterocycles. The molecule has 0 radical (unpaired) electrons. The Kier molecular flexibility index (Phi) is 24.1. The molecule has 0 atom stereocenters. The summed E-state index contributed by atoms with van der Waals surface area (Å²) in [6, 6.07) is 19.4. The molecule has 0 bridgehead atoms. The van der Waals surface area contributed by atoms with E-state index in [0.29, 0.717) is 47.0 Å². The van der Waals surface area contributed by atoms with Crippen molar-refractivity contribution in [3.8, 4) is 11.5 Å². The topological polar surface area (TPSA) is 194 Å². The zero-order valence-corrected chi connectivity index (χ0v) is 44.7. The fourth-order valence-corrected chi connectivity index (χ4v) is 7.28. The summed E-state index contributed by atoms with van der Waals surface area (Å²) in [5.41, 5.74) is 5.78. The molecule has 0 saturated carbocycles. The number of benzene rings is 2. The van der Waals surface area contributed by atoms with E-state index in [-0.39, 0.29) is 122 Å². The van der Waals surface area contributed by atoms with Crippen LogP contribution in [0, 0.1) is 19.3 Å². The summed E-state index contributed by atoms with van der Waals surface area (Å²) in [5, 5.41) is 31.7. The number of rotatable bonds is 8. The van der Waals surface area contributed by atoms with Crippen LogP contribution in [-0.4, -0.2) is 130 Å². The van der Waals surface area contributed by atoms with Crippen LogP contribution in [0.2, 0.25) is 10.0 Å². The first-order valence-electron chi connectivity index (χ1n) is 19.1. The van der Waals surface area contributed by atoms with Gasteiger partial charge < -0.3 is 40.6 Å². The first kappa shape index (κ1) is 54.7. The Morgan fingerprint density at radius 3 is 1.83 bits per heavy atom. The van der Waals surface area contributed by atoms with Gasteiger partial charge >= 0.3 is 103 Å². The number of H-pyrrole nitrogens is 1. The Labute approximate surface area is 467 Å². The van der Waals surface area contributed by atoms with E-state index in [1.54, 1.807) is 31.5 Å². The predicted octanol–water partition coefficient (Wildman–Crippen LogP) is -0.741. The number of ether oxygens (including phenoxy) is 2. The summed E-state index contributed by atoms with van der Waals surface area (Å²) in [6.07, 6.45) is 3.51. The van der Waals surface area contributed by atoms with Crippen LogP contribution < -0.4 is 127 Å². The number of hydrogen-bond donors (Lipinski definition) is 2. The number of methoxy groups -OCH3 is 2. The number of carbonyl (C=O) groups is 2. The molecule has 2 aliphatic heterocycles. The van der Waals surface area contributed by atoms with Gasteiger partial charge in [-0.1, -0.05) is 23.2 Å². The van der Waals surface area contributed by atoms with Crippen molar-refractivity contribution in [2.24, 2.45) is 0 Å². The van der Waals surface area contributed by atoms with Crippen molar-refractivity contribution in [1.29, 1.82) is 5.41 Å². The number of hydrogen-bond acceptors (Lipinski definition) is 13. The van der Waals surface area contributed by atoms with Gasteiger partial charge in [-0.05, 0) is 62.4 Å². The third kappa shape index (κ3) is 15.2.